The Bertz CT molecular complexity index is 410. The van der Waals surface area contributed by atoms with E-state index in [0.717, 1.165) is 0 Å². The highest BCUT2D eigenvalue weighted by Crippen LogP contribution is 2.23. The van der Waals surface area contributed by atoms with Gasteiger partial charge in [0.15, 0.2) is 0 Å². The number of carbonyl (C=O) groups excluding carboxylic acids is 1. The number of rotatable bonds is 4. The van der Waals surface area contributed by atoms with Crippen LogP contribution in [0.1, 0.15) is 37.6 Å². The molecule has 3 N–H and O–H groups in total. The molecule has 0 aliphatic rings. The summed E-state index contributed by atoms with van der Waals surface area (Å²) < 4.78 is 0. The summed E-state index contributed by atoms with van der Waals surface area (Å²) >= 11 is 0. The van der Waals surface area contributed by atoms with E-state index in [1.807, 2.05) is 20.8 Å². The minimum atomic E-state index is -0.318. The van der Waals surface area contributed by atoms with Gasteiger partial charge in [0.2, 0.25) is 0 Å². The Labute approximate surface area is 108 Å². The van der Waals surface area contributed by atoms with Gasteiger partial charge in [-0.2, -0.15) is 0 Å². The van der Waals surface area contributed by atoms with E-state index < -0.39 is 0 Å². The normalized spacial score (nSPS) is 13.1. The summed E-state index contributed by atoms with van der Waals surface area (Å²) in [5, 5.41) is 21.5. The summed E-state index contributed by atoms with van der Waals surface area (Å²) in [6.45, 7) is 6.01. The molecule has 0 heterocycles. The van der Waals surface area contributed by atoms with E-state index >= 15 is 0 Å². The molecule has 1 rings (SSSR count). The molecule has 0 spiro atoms. The van der Waals surface area contributed by atoms with Gasteiger partial charge in [0, 0.05) is 12.6 Å². The monoisotopic (exact) mass is 251 g/mol. The molecule has 4 nitrogen and oxygen atoms in total. The number of aromatic hydroxyl groups is 1. The molecule has 100 valence electrons. The van der Waals surface area contributed by atoms with Crippen LogP contribution in [0.15, 0.2) is 24.3 Å². The Morgan fingerprint density at radius 2 is 1.94 bits per heavy atom. The molecular weight excluding hydrogens is 230 g/mol. The first-order valence-corrected chi connectivity index (χ1v) is 6.06. The third kappa shape index (κ3) is 3.74. The highest BCUT2D eigenvalue weighted by atomic mass is 16.3. The average Bonchev–Trinajstić information content (AvgIpc) is 2.27. The Morgan fingerprint density at radius 1 is 1.33 bits per heavy atom. The van der Waals surface area contributed by atoms with Gasteiger partial charge in [-0.3, -0.25) is 4.79 Å². The average molecular weight is 251 g/mol. The summed E-state index contributed by atoms with van der Waals surface area (Å²) in [4.78, 5) is 12.0. The molecule has 0 aliphatic heterocycles. The van der Waals surface area contributed by atoms with Crippen LogP contribution in [0.3, 0.4) is 0 Å². The van der Waals surface area contributed by atoms with Crippen LogP contribution in [0.4, 0.5) is 0 Å². The van der Waals surface area contributed by atoms with E-state index in [2.05, 4.69) is 5.32 Å². The zero-order valence-corrected chi connectivity index (χ0v) is 11.1. The van der Waals surface area contributed by atoms with Crippen molar-refractivity contribution in [1.82, 2.24) is 5.32 Å². The van der Waals surface area contributed by atoms with E-state index in [0.29, 0.717) is 6.42 Å². The molecule has 0 fully saturated rings. The van der Waals surface area contributed by atoms with Crippen molar-refractivity contribution in [3.63, 3.8) is 0 Å². The number of para-hydroxylation sites is 1. The van der Waals surface area contributed by atoms with Crippen LogP contribution in [-0.2, 0) is 0 Å². The van der Waals surface area contributed by atoms with Gasteiger partial charge in [-0.15, -0.1) is 0 Å². The van der Waals surface area contributed by atoms with Gasteiger partial charge in [-0.25, -0.2) is 0 Å². The molecule has 0 radical (unpaired) electrons. The van der Waals surface area contributed by atoms with Crippen molar-refractivity contribution in [3.05, 3.63) is 29.8 Å². The van der Waals surface area contributed by atoms with Crippen LogP contribution in [0.5, 0.6) is 5.75 Å². The maximum atomic E-state index is 12.0. The lowest BCUT2D eigenvalue weighted by Crippen LogP contribution is -2.44. The Balaban J connectivity index is 2.82. The van der Waals surface area contributed by atoms with Crippen molar-refractivity contribution in [1.29, 1.82) is 0 Å². The van der Waals surface area contributed by atoms with Crippen LogP contribution in [0.25, 0.3) is 0 Å². The highest BCUT2D eigenvalue weighted by molar-refractivity contribution is 5.96. The molecular formula is C14H21NO3. The molecule has 18 heavy (non-hydrogen) atoms. The lowest BCUT2D eigenvalue weighted by atomic mass is 9.84. The van der Waals surface area contributed by atoms with Crippen molar-refractivity contribution in [2.45, 2.75) is 33.2 Å². The van der Waals surface area contributed by atoms with E-state index in [9.17, 15) is 9.90 Å². The van der Waals surface area contributed by atoms with Crippen molar-refractivity contribution >= 4 is 5.91 Å². The van der Waals surface area contributed by atoms with E-state index in [1.165, 1.54) is 6.07 Å². The molecule has 1 amide bonds. The largest absolute Gasteiger partial charge is 0.507 e. The smallest absolute Gasteiger partial charge is 0.255 e. The van der Waals surface area contributed by atoms with Crippen LogP contribution in [0, 0.1) is 5.41 Å². The number of benzene rings is 1. The predicted octanol–water partition coefficient (Wildman–Crippen LogP) is 1.92. The Morgan fingerprint density at radius 3 is 2.44 bits per heavy atom. The zero-order chi connectivity index (χ0) is 13.8. The number of phenols is 1. The molecule has 1 unspecified atom stereocenters. The van der Waals surface area contributed by atoms with Crippen LogP contribution < -0.4 is 5.32 Å². The number of nitrogens with one attached hydrogen (secondary N) is 1. The molecule has 0 aromatic heterocycles. The van der Waals surface area contributed by atoms with Gasteiger partial charge in [0.05, 0.1) is 5.56 Å². The first-order chi connectivity index (χ1) is 8.36. The maximum absolute atomic E-state index is 12.0. The van der Waals surface area contributed by atoms with Crippen LogP contribution in [0.2, 0.25) is 0 Å². The fourth-order valence-corrected chi connectivity index (χ4v) is 1.75. The summed E-state index contributed by atoms with van der Waals surface area (Å²) in [6.07, 6.45) is 0.489. The van der Waals surface area contributed by atoms with Crippen molar-refractivity contribution < 1.29 is 15.0 Å². The fourth-order valence-electron chi connectivity index (χ4n) is 1.75. The summed E-state index contributed by atoms with van der Waals surface area (Å²) in [5.41, 5.74) is 0.104. The van der Waals surface area contributed by atoms with Gasteiger partial charge < -0.3 is 15.5 Å². The molecule has 0 aliphatic carbocycles. The molecule has 0 saturated heterocycles. The summed E-state index contributed by atoms with van der Waals surface area (Å²) in [6, 6.07) is 6.28. The minimum Gasteiger partial charge on any atom is -0.507 e. The van der Waals surface area contributed by atoms with Gasteiger partial charge >= 0.3 is 0 Å². The van der Waals surface area contributed by atoms with Crippen molar-refractivity contribution in [2.24, 2.45) is 5.41 Å². The number of amides is 1. The molecule has 0 bridgehead atoms. The maximum Gasteiger partial charge on any atom is 0.255 e. The number of aliphatic hydroxyl groups is 1. The zero-order valence-electron chi connectivity index (χ0n) is 11.1. The third-order valence-electron chi connectivity index (χ3n) is 2.92. The SMILES string of the molecule is CC(C)(C)C(CCO)NC(=O)c1ccccc1O. The topological polar surface area (TPSA) is 69.6 Å². The second kappa shape index (κ2) is 5.87. The molecule has 1 atom stereocenters. The lowest BCUT2D eigenvalue weighted by molar-refractivity contribution is 0.0882. The fraction of sp³-hybridized carbons (Fsp3) is 0.500. The lowest BCUT2D eigenvalue weighted by Gasteiger charge is -2.31. The number of hydrogen-bond acceptors (Lipinski definition) is 3. The third-order valence-corrected chi connectivity index (χ3v) is 2.92. The van der Waals surface area contributed by atoms with E-state index in [1.54, 1.807) is 18.2 Å². The van der Waals surface area contributed by atoms with E-state index in [-0.39, 0.29) is 35.3 Å². The molecule has 1 aromatic carbocycles. The van der Waals surface area contributed by atoms with Crippen LogP contribution >= 0.6 is 0 Å². The summed E-state index contributed by atoms with van der Waals surface area (Å²) in [7, 11) is 0. The van der Waals surface area contributed by atoms with Crippen molar-refractivity contribution in [2.75, 3.05) is 6.61 Å². The number of aliphatic hydroxyl groups excluding tert-OH is 1. The Hall–Kier alpha value is -1.55. The first kappa shape index (κ1) is 14.5. The Kier molecular flexibility index (Phi) is 4.73. The second-order valence-electron chi connectivity index (χ2n) is 5.42. The second-order valence-corrected chi connectivity index (χ2v) is 5.42. The number of hydrogen-bond donors (Lipinski definition) is 3. The van der Waals surface area contributed by atoms with Crippen LogP contribution in [-0.4, -0.2) is 28.8 Å². The quantitative estimate of drug-likeness (QED) is 0.765. The van der Waals surface area contributed by atoms with Gasteiger partial charge in [0.1, 0.15) is 5.75 Å². The van der Waals surface area contributed by atoms with Gasteiger partial charge in [-0.1, -0.05) is 32.9 Å². The number of phenolic OH excluding ortho intramolecular Hbond substituents is 1. The number of carbonyl (C=O) groups is 1. The van der Waals surface area contributed by atoms with Crippen molar-refractivity contribution in [3.8, 4) is 5.75 Å². The first-order valence-electron chi connectivity index (χ1n) is 6.06. The van der Waals surface area contributed by atoms with Gasteiger partial charge in [-0.05, 0) is 24.0 Å². The van der Waals surface area contributed by atoms with Gasteiger partial charge in [0.25, 0.3) is 5.91 Å². The summed E-state index contributed by atoms with van der Waals surface area (Å²) in [5.74, 6) is -0.354. The minimum absolute atomic E-state index is 0.0169. The predicted molar refractivity (Wildman–Crippen MR) is 70.5 cm³/mol. The molecule has 1 aromatic rings. The molecule has 0 saturated carbocycles. The highest BCUT2D eigenvalue weighted by Gasteiger charge is 2.26. The van der Waals surface area contributed by atoms with E-state index in [4.69, 9.17) is 5.11 Å². The standard InChI is InChI=1S/C14H21NO3/c1-14(2,3)12(8-9-16)15-13(18)10-6-4-5-7-11(10)17/h4-7,12,16-17H,8-9H2,1-3H3,(H,15,18). The molecule has 4 heteroatoms.